The zero-order chi connectivity index (χ0) is 34.6. The van der Waals surface area contributed by atoms with Gasteiger partial charge in [0.1, 0.15) is 17.2 Å². The molecule has 1 amide bonds. The Labute approximate surface area is 291 Å². The Bertz CT molecular complexity index is 1960. The summed E-state index contributed by atoms with van der Waals surface area (Å²) in [4.78, 5) is 26.7. The van der Waals surface area contributed by atoms with Gasteiger partial charge < -0.3 is 14.8 Å². The average Bonchev–Trinajstić information content (AvgIpc) is 3.39. The Balaban J connectivity index is 1.34. The van der Waals surface area contributed by atoms with Gasteiger partial charge in [-0.3, -0.25) is 14.7 Å². The van der Waals surface area contributed by atoms with Crippen molar-refractivity contribution in [3.8, 4) is 34.2 Å². The van der Waals surface area contributed by atoms with E-state index in [-0.39, 0.29) is 29.1 Å². The van der Waals surface area contributed by atoms with E-state index in [9.17, 15) is 9.59 Å². The number of aromatic amines is 1. The van der Waals surface area contributed by atoms with Gasteiger partial charge in [0.25, 0.3) is 5.91 Å². The SMILES string of the molecule is CCC(C)(C)c1ccc(OCC(=O)Nc2ccc(-n3[nH]c(-c4ccc(Cl)cc4)c(Oc4cccc(Cl)c4)c3=O)cc2)c(C(C)(C)CC)c1. The maximum Gasteiger partial charge on any atom is 0.314 e. The predicted octanol–water partition coefficient (Wildman–Crippen LogP) is 10.3. The van der Waals surface area contributed by atoms with Crippen molar-refractivity contribution in [2.45, 2.75) is 65.2 Å². The van der Waals surface area contributed by atoms with Crippen LogP contribution in [-0.4, -0.2) is 22.3 Å². The fourth-order valence-corrected chi connectivity index (χ4v) is 5.50. The third kappa shape index (κ3) is 7.80. The number of halogens is 2. The van der Waals surface area contributed by atoms with E-state index in [1.54, 1.807) is 72.8 Å². The third-order valence-electron chi connectivity index (χ3n) is 9.02. The van der Waals surface area contributed by atoms with E-state index in [0.717, 1.165) is 18.4 Å². The minimum absolute atomic E-state index is 0.0358. The van der Waals surface area contributed by atoms with Crippen LogP contribution in [0.25, 0.3) is 16.9 Å². The van der Waals surface area contributed by atoms with Crippen molar-refractivity contribution in [3.63, 3.8) is 0 Å². The number of hydrogen-bond donors (Lipinski definition) is 2. The minimum atomic E-state index is -0.399. The highest BCUT2D eigenvalue weighted by molar-refractivity contribution is 6.31. The molecule has 0 radical (unpaired) electrons. The molecule has 0 aliphatic heterocycles. The maximum atomic E-state index is 13.7. The first kappa shape index (κ1) is 34.9. The molecule has 48 heavy (non-hydrogen) atoms. The number of nitrogens with zero attached hydrogens (tertiary/aromatic N) is 1. The van der Waals surface area contributed by atoms with Crippen LogP contribution in [0, 0.1) is 0 Å². The van der Waals surface area contributed by atoms with Gasteiger partial charge in [0.05, 0.1) is 5.69 Å². The largest absolute Gasteiger partial charge is 0.483 e. The number of rotatable bonds is 12. The summed E-state index contributed by atoms with van der Waals surface area (Å²) in [6.07, 6.45) is 1.94. The number of anilines is 1. The lowest BCUT2D eigenvalue weighted by Crippen LogP contribution is -2.24. The number of H-pyrrole nitrogens is 1. The van der Waals surface area contributed by atoms with Gasteiger partial charge >= 0.3 is 5.56 Å². The van der Waals surface area contributed by atoms with E-state index in [2.05, 4.69) is 64.1 Å². The molecule has 0 bridgehead atoms. The third-order valence-corrected chi connectivity index (χ3v) is 9.51. The normalized spacial score (nSPS) is 11.8. The first-order valence-electron chi connectivity index (χ1n) is 16.0. The van der Waals surface area contributed by atoms with Gasteiger partial charge in [-0.05, 0) is 89.9 Å². The molecule has 5 rings (SSSR count). The van der Waals surface area contributed by atoms with E-state index in [1.807, 2.05) is 6.07 Å². The summed E-state index contributed by atoms with van der Waals surface area (Å²) in [6.45, 7) is 13.1. The first-order valence-corrected chi connectivity index (χ1v) is 16.8. The van der Waals surface area contributed by atoms with Crippen LogP contribution >= 0.6 is 23.2 Å². The van der Waals surface area contributed by atoms with Crippen LogP contribution in [-0.2, 0) is 15.6 Å². The highest BCUT2D eigenvalue weighted by Crippen LogP contribution is 2.38. The zero-order valence-electron chi connectivity index (χ0n) is 28.1. The molecule has 0 atom stereocenters. The molecule has 0 aliphatic rings. The van der Waals surface area contributed by atoms with Crippen LogP contribution in [0.3, 0.4) is 0 Å². The number of carbonyl (C=O) groups is 1. The lowest BCUT2D eigenvalue weighted by atomic mass is 9.76. The molecule has 9 heteroatoms. The van der Waals surface area contributed by atoms with Gasteiger partial charge in [-0.2, -0.15) is 0 Å². The van der Waals surface area contributed by atoms with Gasteiger partial charge in [0.15, 0.2) is 6.61 Å². The molecule has 0 spiro atoms. The molecule has 1 heterocycles. The molecule has 4 aromatic carbocycles. The van der Waals surface area contributed by atoms with Crippen molar-refractivity contribution in [1.82, 2.24) is 9.78 Å². The average molecular weight is 687 g/mol. The minimum Gasteiger partial charge on any atom is -0.483 e. The summed E-state index contributed by atoms with van der Waals surface area (Å²) >= 11 is 12.3. The molecule has 5 aromatic rings. The maximum absolute atomic E-state index is 13.7. The van der Waals surface area contributed by atoms with Crippen molar-refractivity contribution in [2.75, 3.05) is 11.9 Å². The fraction of sp³-hybridized carbons (Fsp3) is 0.282. The van der Waals surface area contributed by atoms with Crippen molar-refractivity contribution >= 4 is 34.8 Å². The summed E-state index contributed by atoms with van der Waals surface area (Å²) < 4.78 is 13.5. The summed E-state index contributed by atoms with van der Waals surface area (Å²) in [5, 5.41) is 7.12. The predicted molar refractivity (Wildman–Crippen MR) is 196 cm³/mol. The molecule has 250 valence electrons. The number of amides is 1. The highest BCUT2D eigenvalue weighted by Gasteiger charge is 2.27. The van der Waals surface area contributed by atoms with E-state index in [4.69, 9.17) is 32.7 Å². The second-order valence-electron chi connectivity index (χ2n) is 13.1. The topological polar surface area (TPSA) is 85.3 Å². The van der Waals surface area contributed by atoms with E-state index in [1.165, 1.54) is 10.2 Å². The van der Waals surface area contributed by atoms with Crippen molar-refractivity contribution < 1.29 is 14.3 Å². The molecule has 0 fully saturated rings. The Morgan fingerprint density at radius 2 is 1.52 bits per heavy atom. The van der Waals surface area contributed by atoms with Crippen molar-refractivity contribution in [2.24, 2.45) is 0 Å². The van der Waals surface area contributed by atoms with Crippen LogP contribution in [0.15, 0.2) is 95.8 Å². The number of nitrogens with one attached hydrogen (secondary N) is 2. The Morgan fingerprint density at radius 3 is 2.17 bits per heavy atom. The monoisotopic (exact) mass is 685 g/mol. The molecular weight excluding hydrogens is 645 g/mol. The lowest BCUT2D eigenvalue weighted by molar-refractivity contribution is -0.118. The second-order valence-corrected chi connectivity index (χ2v) is 14.0. The van der Waals surface area contributed by atoms with Gasteiger partial charge in [0, 0.05) is 26.9 Å². The Hall–Kier alpha value is -4.46. The van der Waals surface area contributed by atoms with Crippen LogP contribution in [0.5, 0.6) is 17.2 Å². The fourth-order valence-electron chi connectivity index (χ4n) is 5.19. The van der Waals surface area contributed by atoms with Crippen molar-refractivity contribution in [3.05, 3.63) is 123 Å². The molecule has 7 nitrogen and oxygen atoms in total. The number of carbonyl (C=O) groups excluding carboxylic acids is 1. The standard InChI is InChI=1S/C39H41Cl2N3O4/c1-7-38(3,4)26-14-21-33(32(22-26)39(5,6)8-2)47-24-34(45)42-29-17-19-30(20-18-29)44-37(46)36(48-31-11-9-10-28(41)23-31)35(43-44)25-12-15-27(40)16-13-25/h9-23,43H,7-8,24H2,1-6H3,(H,42,45). The van der Waals surface area contributed by atoms with Gasteiger partial charge in [-0.15, -0.1) is 0 Å². The number of ether oxygens (including phenoxy) is 2. The first-order chi connectivity index (χ1) is 22.8. The lowest BCUT2D eigenvalue weighted by Gasteiger charge is -2.30. The smallest absolute Gasteiger partial charge is 0.314 e. The van der Waals surface area contributed by atoms with Crippen LogP contribution in [0.4, 0.5) is 5.69 Å². The molecule has 0 unspecified atom stereocenters. The number of hydrogen-bond acceptors (Lipinski definition) is 4. The second kappa shape index (κ2) is 14.3. The zero-order valence-corrected chi connectivity index (χ0v) is 29.6. The van der Waals surface area contributed by atoms with Gasteiger partial charge in [-0.25, -0.2) is 4.68 Å². The molecule has 0 saturated carbocycles. The summed E-state index contributed by atoms with van der Waals surface area (Å²) in [7, 11) is 0. The Kier molecular flexibility index (Phi) is 10.4. The van der Waals surface area contributed by atoms with Crippen LogP contribution < -0.4 is 20.3 Å². The van der Waals surface area contributed by atoms with Gasteiger partial charge in [-0.1, -0.05) is 95.1 Å². The molecule has 0 aliphatic carbocycles. The highest BCUT2D eigenvalue weighted by atomic mass is 35.5. The quantitative estimate of drug-likeness (QED) is 0.137. The Morgan fingerprint density at radius 1 is 0.833 bits per heavy atom. The summed E-state index contributed by atoms with van der Waals surface area (Å²) in [5.41, 5.74) is 4.16. The van der Waals surface area contributed by atoms with Crippen LogP contribution in [0.1, 0.15) is 65.5 Å². The van der Waals surface area contributed by atoms with Gasteiger partial charge in [0.2, 0.25) is 5.75 Å². The molecule has 1 aromatic heterocycles. The van der Waals surface area contributed by atoms with E-state index >= 15 is 0 Å². The van der Waals surface area contributed by atoms with Crippen molar-refractivity contribution in [1.29, 1.82) is 0 Å². The summed E-state index contributed by atoms with van der Waals surface area (Å²) in [5.74, 6) is 0.944. The van der Waals surface area contributed by atoms with E-state index in [0.29, 0.717) is 44.2 Å². The van der Waals surface area contributed by atoms with E-state index < -0.39 is 5.56 Å². The number of benzene rings is 4. The number of aromatic nitrogens is 2. The molecule has 0 saturated heterocycles. The van der Waals surface area contributed by atoms with Crippen LogP contribution in [0.2, 0.25) is 10.0 Å². The molecule has 2 N–H and O–H groups in total. The molecular formula is C39H41Cl2N3O4. The summed E-state index contributed by atoms with van der Waals surface area (Å²) in [6, 6.07) is 27.2.